The summed E-state index contributed by atoms with van der Waals surface area (Å²) in [5.74, 6) is 0. The third-order valence-corrected chi connectivity index (χ3v) is 3.14. The molecule has 0 unspecified atom stereocenters. The molecule has 0 atom stereocenters. The molecular weight excluding hydrogens is 222 g/mol. The number of nitrogens with zero attached hydrogens (tertiary/aromatic N) is 2. The average molecular weight is 237 g/mol. The Labute approximate surface area is 106 Å². The molecule has 90 valence electrons. The zero-order valence-electron chi connectivity index (χ0n) is 10.3. The maximum absolute atomic E-state index is 4.43. The van der Waals surface area contributed by atoms with Crippen molar-refractivity contribution in [1.82, 2.24) is 9.55 Å². The molecule has 0 saturated heterocycles. The van der Waals surface area contributed by atoms with E-state index in [2.05, 4.69) is 64.5 Å². The van der Waals surface area contributed by atoms with Crippen molar-refractivity contribution in [2.45, 2.75) is 6.54 Å². The molecule has 0 saturated carbocycles. The van der Waals surface area contributed by atoms with Gasteiger partial charge in [0.05, 0.1) is 17.7 Å². The monoisotopic (exact) mass is 237 g/mol. The summed E-state index contributed by atoms with van der Waals surface area (Å²) in [6, 6.07) is 14.4. The first-order chi connectivity index (χ1) is 8.84. The van der Waals surface area contributed by atoms with E-state index in [1.54, 1.807) is 0 Å². The van der Waals surface area contributed by atoms with Crippen LogP contribution < -0.4 is 5.32 Å². The highest BCUT2D eigenvalue weighted by Gasteiger charge is 2.02. The molecule has 0 aliphatic rings. The lowest BCUT2D eigenvalue weighted by Gasteiger charge is -2.09. The second-order valence-electron chi connectivity index (χ2n) is 4.34. The van der Waals surface area contributed by atoms with Crippen LogP contribution >= 0.6 is 0 Å². The van der Waals surface area contributed by atoms with E-state index in [-0.39, 0.29) is 0 Å². The quantitative estimate of drug-likeness (QED) is 0.758. The summed E-state index contributed by atoms with van der Waals surface area (Å²) in [6.07, 6.45) is 3.88. The van der Waals surface area contributed by atoms with E-state index in [4.69, 9.17) is 0 Å². The molecule has 0 radical (unpaired) electrons. The third-order valence-electron chi connectivity index (χ3n) is 3.14. The van der Waals surface area contributed by atoms with Gasteiger partial charge in [0.15, 0.2) is 0 Å². The number of aromatic nitrogens is 2. The summed E-state index contributed by atoms with van der Waals surface area (Å²) in [7, 11) is 2.05. The van der Waals surface area contributed by atoms with Crippen molar-refractivity contribution in [3.63, 3.8) is 0 Å². The lowest BCUT2D eigenvalue weighted by Crippen LogP contribution is -2.04. The number of benzene rings is 1. The topological polar surface area (TPSA) is 29.9 Å². The van der Waals surface area contributed by atoms with Crippen LogP contribution in [0.3, 0.4) is 0 Å². The molecule has 1 N–H and O–H groups in total. The molecular formula is C15H15N3. The van der Waals surface area contributed by atoms with Gasteiger partial charge in [0, 0.05) is 30.5 Å². The second-order valence-corrected chi connectivity index (χ2v) is 4.34. The number of nitrogens with one attached hydrogen (secondary N) is 1. The predicted molar refractivity (Wildman–Crippen MR) is 74.5 cm³/mol. The van der Waals surface area contributed by atoms with E-state index >= 15 is 0 Å². The molecule has 18 heavy (non-hydrogen) atoms. The van der Waals surface area contributed by atoms with Gasteiger partial charge in [-0.2, -0.15) is 0 Å². The van der Waals surface area contributed by atoms with Crippen LogP contribution in [0.15, 0.2) is 54.9 Å². The summed E-state index contributed by atoms with van der Waals surface area (Å²) < 4.78 is 2.12. The van der Waals surface area contributed by atoms with Crippen molar-refractivity contribution in [2.75, 3.05) is 5.32 Å². The normalized spacial score (nSPS) is 10.7. The Balaban J connectivity index is 1.89. The molecule has 0 aliphatic carbocycles. The number of pyridine rings is 1. The van der Waals surface area contributed by atoms with E-state index in [0.29, 0.717) is 0 Å². The van der Waals surface area contributed by atoms with Crippen molar-refractivity contribution in [3.05, 3.63) is 60.6 Å². The van der Waals surface area contributed by atoms with Gasteiger partial charge in [0.1, 0.15) is 0 Å². The third kappa shape index (κ3) is 1.95. The first-order valence-electron chi connectivity index (χ1n) is 6.02. The second kappa shape index (κ2) is 4.53. The smallest absolute Gasteiger partial charge is 0.0933 e. The first-order valence-corrected chi connectivity index (χ1v) is 6.02. The van der Waals surface area contributed by atoms with Crippen molar-refractivity contribution in [1.29, 1.82) is 0 Å². The maximum Gasteiger partial charge on any atom is 0.0933 e. The molecule has 1 aromatic carbocycles. The standard InChI is InChI=1S/C15H15N3/c1-18-10-4-7-13(18)11-17-14-8-2-5-12-6-3-9-16-15(12)14/h2-10,17H,11H2,1H3. The maximum atomic E-state index is 4.43. The number of hydrogen-bond acceptors (Lipinski definition) is 2. The van der Waals surface area contributed by atoms with Gasteiger partial charge in [0.2, 0.25) is 0 Å². The summed E-state index contributed by atoms with van der Waals surface area (Å²) in [5.41, 5.74) is 3.35. The van der Waals surface area contributed by atoms with Crippen molar-refractivity contribution in [3.8, 4) is 0 Å². The highest BCUT2D eigenvalue weighted by atomic mass is 15.0. The highest BCUT2D eigenvalue weighted by Crippen LogP contribution is 2.21. The van der Waals surface area contributed by atoms with E-state index in [0.717, 1.165) is 23.1 Å². The molecule has 2 aromatic heterocycles. The Bertz CT molecular complexity index is 665. The van der Waals surface area contributed by atoms with Crippen LogP contribution in [-0.4, -0.2) is 9.55 Å². The summed E-state index contributed by atoms with van der Waals surface area (Å²) in [6.45, 7) is 0.805. The number of hydrogen-bond donors (Lipinski definition) is 1. The van der Waals surface area contributed by atoms with Crippen LogP contribution in [0.5, 0.6) is 0 Å². The minimum Gasteiger partial charge on any atom is -0.378 e. The van der Waals surface area contributed by atoms with Crippen LogP contribution in [0.1, 0.15) is 5.69 Å². The minimum absolute atomic E-state index is 0.805. The van der Waals surface area contributed by atoms with E-state index in [9.17, 15) is 0 Å². The van der Waals surface area contributed by atoms with Crippen LogP contribution in [0.25, 0.3) is 10.9 Å². The average Bonchev–Trinajstić information content (AvgIpc) is 2.82. The summed E-state index contributed by atoms with van der Waals surface area (Å²) in [4.78, 5) is 4.43. The highest BCUT2D eigenvalue weighted by molar-refractivity contribution is 5.90. The Morgan fingerprint density at radius 3 is 2.83 bits per heavy atom. The molecule has 0 amide bonds. The van der Waals surface area contributed by atoms with Crippen molar-refractivity contribution < 1.29 is 0 Å². The zero-order valence-corrected chi connectivity index (χ0v) is 10.3. The minimum atomic E-state index is 0.805. The Morgan fingerprint density at radius 1 is 1.11 bits per heavy atom. The lowest BCUT2D eigenvalue weighted by molar-refractivity contribution is 0.843. The number of fused-ring (bicyclic) bond motifs is 1. The summed E-state index contributed by atoms with van der Waals surface area (Å²) in [5, 5.41) is 4.61. The number of anilines is 1. The van der Waals surface area contributed by atoms with E-state index in [1.807, 2.05) is 12.3 Å². The molecule has 0 spiro atoms. The van der Waals surface area contributed by atoms with Gasteiger partial charge in [-0.05, 0) is 24.3 Å². The molecule has 3 rings (SSSR count). The van der Waals surface area contributed by atoms with Gasteiger partial charge < -0.3 is 9.88 Å². The van der Waals surface area contributed by atoms with Crippen LogP contribution in [0, 0.1) is 0 Å². The van der Waals surface area contributed by atoms with Crippen molar-refractivity contribution in [2.24, 2.45) is 7.05 Å². The van der Waals surface area contributed by atoms with Gasteiger partial charge in [0.25, 0.3) is 0 Å². The molecule has 0 aliphatic heterocycles. The predicted octanol–water partition coefficient (Wildman–Crippen LogP) is 3.19. The largest absolute Gasteiger partial charge is 0.378 e. The SMILES string of the molecule is Cn1cccc1CNc1cccc2cccnc12. The van der Waals surface area contributed by atoms with E-state index in [1.165, 1.54) is 5.69 Å². The number of aryl methyl sites for hydroxylation is 1. The molecule has 0 bridgehead atoms. The van der Waals surface area contributed by atoms with Gasteiger partial charge >= 0.3 is 0 Å². The molecule has 2 heterocycles. The fourth-order valence-corrected chi connectivity index (χ4v) is 2.11. The van der Waals surface area contributed by atoms with Gasteiger partial charge in [-0.3, -0.25) is 4.98 Å². The number of para-hydroxylation sites is 1. The molecule has 0 fully saturated rings. The first kappa shape index (κ1) is 10.8. The van der Waals surface area contributed by atoms with Crippen LogP contribution in [-0.2, 0) is 13.6 Å². The fourth-order valence-electron chi connectivity index (χ4n) is 2.11. The molecule has 3 heteroatoms. The lowest BCUT2D eigenvalue weighted by atomic mass is 10.2. The van der Waals surface area contributed by atoms with Gasteiger partial charge in [-0.15, -0.1) is 0 Å². The van der Waals surface area contributed by atoms with Crippen molar-refractivity contribution >= 4 is 16.6 Å². The Morgan fingerprint density at radius 2 is 2.00 bits per heavy atom. The Kier molecular flexibility index (Phi) is 2.73. The van der Waals surface area contributed by atoms with Crippen LogP contribution in [0.2, 0.25) is 0 Å². The molecule has 3 nitrogen and oxygen atoms in total. The number of rotatable bonds is 3. The van der Waals surface area contributed by atoms with Gasteiger partial charge in [-0.1, -0.05) is 18.2 Å². The van der Waals surface area contributed by atoms with Crippen LogP contribution in [0.4, 0.5) is 5.69 Å². The molecule has 3 aromatic rings. The Hall–Kier alpha value is -2.29. The fraction of sp³-hybridized carbons (Fsp3) is 0.133. The zero-order chi connectivity index (χ0) is 12.4. The van der Waals surface area contributed by atoms with Gasteiger partial charge in [-0.25, -0.2) is 0 Å². The summed E-state index contributed by atoms with van der Waals surface area (Å²) >= 11 is 0. The van der Waals surface area contributed by atoms with E-state index < -0.39 is 0 Å².